The molecule has 3 rings (SSSR count). The zero-order valence-electron chi connectivity index (χ0n) is 10.4. The van der Waals surface area contributed by atoms with Crippen LogP contribution in [0.25, 0.3) is 22.0 Å². The maximum absolute atomic E-state index is 11.3. The van der Waals surface area contributed by atoms with Crippen molar-refractivity contribution in [2.75, 3.05) is 0 Å². The predicted molar refractivity (Wildman–Crippen MR) is 78.5 cm³/mol. The molecule has 98 valence electrons. The van der Waals surface area contributed by atoms with Crippen LogP contribution in [0.2, 0.25) is 5.02 Å². The molecule has 0 spiro atoms. The lowest BCUT2D eigenvalue weighted by molar-refractivity contribution is 0.0996. The van der Waals surface area contributed by atoms with Crippen LogP contribution in [0, 0.1) is 0 Å². The number of rotatable bonds is 2. The van der Waals surface area contributed by atoms with Gasteiger partial charge in [-0.1, -0.05) is 29.8 Å². The molecule has 0 aliphatic carbocycles. The van der Waals surface area contributed by atoms with E-state index in [9.17, 15) is 4.79 Å². The Bertz CT molecular complexity index is 817. The van der Waals surface area contributed by atoms with Crippen LogP contribution in [0.5, 0.6) is 0 Å². The molecule has 5 heteroatoms. The third-order valence-corrected chi connectivity index (χ3v) is 3.34. The van der Waals surface area contributed by atoms with Crippen molar-refractivity contribution >= 4 is 28.4 Å². The summed E-state index contributed by atoms with van der Waals surface area (Å²) >= 11 is 6.21. The van der Waals surface area contributed by atoms with Crippen LogP contribution in [0.1, 0.15) is 10.5 Å². The largest absolute Gasteiger partial charge is 0.364 e. The number of aromatic nitrogens is 2. The van der Waals surface area contributed by atoms with Crippen LogP contribution in [0.3, 0.4) is 0 Å². The van der Waals surface area contributed by atoms with E-state index in [0.717, 1.165) is 16.5 Å². The first-order valence-corrected chi connectivity index (χ1v) is 6.34. The van der Waals surface area contributed by atoms with Crippen molar-refractivity contribution in [1.82, 2.24) is 9.97 Å². The molecule has 0 saturated heterocycles. The fraction of sp³-hybridized carbons (Fsp3) is 0. The minimum absolute atomic E-state index is 0.219. The van der Waals surface area contributed by atoms with E-state index in [2.05, 4.69) is 9.97 Å². The summed E-state index contributed by atoms with van der Waals surface area (Å²) in [5.74, 6) is -0.561. The molecule has 20 heavy (non-hydrogen) atoms. The Morgan fingerprint density at radius 3 is 2.60 bits per heavy atom. The third-order valence-electron chi connectivity index (χ3n) is 3.02. The van der Waals surface area contributed by atoms with E-state index in [-0.39, 0.29) is 5.69 Å². The first-order valence-electron chi connectivity index (χ1n) is 5.96. The summed E-state index contributed by atoms with van der Waals surface area (Å²) in [7, 11) is 0. The molecular formula is C15H10ClN3O. The lowest BCUT2D eigenvalue weighted by Gasteiger charge is -2.08. The fourth-order valence-corrected chi connectivity index (χ4v) is 2.29. The number of nitrogens with two attached hydrogens (primary N) is 1. The molecule has 1 amide bonds. The van der Waals surface area contributed by atoms with E-state index < -0.39 is 5.91 Å². The quantitative estimate of drug-likeness (QED) is 0.786. The van der Waals surface area contributed by atoms with Crippen molar-refractivity contribution in [3.8, 4) is 11.1 Å². The molecule has 0 aliphatic heterocycles. The molecule has 0 aliphatic rings. The second-order valence-corrected chi connectivity index (χ2v) is 4.71. The Balaban J connectivity index is 2.33. The van der Waals surface area contributed by atoms with Crippen molar-refractivity contribution < 1.29 is 4.79 Å². The smallest absolute Gasteiger partial charge is 0.267 e. The van der Waals surface area contributed by atoms with Crippen molar-refractivity contribution in [2.45, 2.75) is 0 Å². The van der Waals surface area contributed by atoms with Gasteiger partial charge in [-0.25, -0.2) is 4.98 Å². The van der Waals surface area contributed by atoms with Gasteiger partial charge in [-0.2, -0.15) is 0 Å². The van der Waals surface area contributed by atoms with Gasteiger partial charge in [-0.15, -0.1) is 0 Å². The van der Waals surface area contributed by atoms with Gasteiger partial charge in [0.25, 0.3) is 5.91 Å². The first kappa shape index (κ1) is 12.6. The summed E-state index contributed by atoms with van der Waals surface area (Å²) in [5.41, 5.74) is 7.75. The van der Waals surface area contributed by atoms with Crippen LogP contribution in [-0.2, 0) is 0 Å². The van der Waals surface area contributed by atoms with E-state index in [1.165, 1.54) is 0 Å². The Labute approximate surface area is 120 Å². The standard InChI is InChI=1S/C15H10ClN3O/c16-12-4-2-1-3-10(12)11-8-18-7-9-5-6-13(15(17)20)19-14(9)11/h1-8H,(H2,17,20). The molecule has 2 N–H and O–H groups in total. The topological polar surface area (TPSA) is 68.9 Å². The molecular weight excluding hydrogens is 274 g/mol. The molecule has 0 radical (unpaired) electrons. The molecule has 3 aromatic rings. The SMILES string of the molecule is NC(=O)c1ccc2cncc(-c3ccccc3Cl)c2n1. The summed E-state index contributed by atoms with van der Waals surface area (Å²) in [4.78, 5) is 19.8. The highest BCUT2D eigenvalue weighted by atomic mass is 35.5. The van der Waals surface area contributed by atoms with E-state index in [4.69, 9.17) is 17.3 Å². The van der Waals surface area contributed by atoms with Gasteiger partial charge in [0.15, 0.2) is 0 Å². The van der Waals surface area contributed by atoms with Gasteiger partial charge < -0.3 is 5.73 Å². The minimum Gasteiger partial charge on any atom is -0.364 e. The summed E-state index contributed by atoms with van der Waals surface area (Å²) in [6, 6.07) is 10.8. The number of primary amides is 1. The highest BCUT2D eigenvalue weighted by molar-refractivity contribution is 6.33. The lowest BCUT2D eigenvalue weighted by Crippen LogP contribution is -2.12. The summed E-state index contributed by atoms with van der Waals surface area (Å²) in [6.07, 6.45) is 3.37. The molecule has 0 atom stereocenters. The average molecular weight is 284 g/mol. The van der Waals surface area contributed by atoms with E-state index in [1.807, 2.05) is 18.2 Å². The van der Waals surface area contributed by atoms with E-state index in [1.54, 1.807) is 30.6 Å². The Hall–Kier alpha value is -2.46. The number of hydrogen-bond acceptors (Lipinski definition) is 3. The maximum Gasteiger partial charge on any atom is 0.267 e. The molecule has 0 bridgehead atoms. The number of hydrogen-bond donors (Lipinski definition) is 1. The Morgan fingerprint density at radius 2 is 1.85 bits per heavy atom. The number of carbonyl (C=O) groups excluding carboxylic acids is 1. The predicted octanol–water partition coefficient (Wildman–Crippen LogP) is 3.05. The molecule has 2 aromatic heterocycles. The number of amides is 1. The first-order chi connectivity index (χ1) is 9.66. The second kappa shape index (κ2) is 4.90. The highest BCUT2D eigenvalue weighted by Crippen LogP contribution is 2.31. The monoisotopic (exact) mass is 283 g/mol. The van der Waals surface area contributed by atoms with Crippen molar-refractivity contribution in [2.24, 2.45) is 5.73 Å². The maximum atomic E-state index is 11.3. The summed E-state index contributed by atoms with van der Waals surface area (Å²) in [5, 5.41) is 1.43. The van der Waals surface area contributed by atoms with Gasteiger partial charge >= 0.3 is 0 Å². The number of pyridine rings is 2. The summed E-state index contributed by atoms with van der Waals surface area (Å²) < 4.78 is 0. The normalized spacial score (nSPS) is 10.7. The minimum atomic E-state index is -0.561. The summed E-state index contributed by atoms with van der Waals surface area (Å²) in [6.45, 7) is 0. The van der Waals surface area contributed by atoms with Crippen molar-refractivity contribution in [1.29, 1.82) is 0 Å². The van der Waals surface area contributed by atoms with Gasteiger partial charge in [-0.05, 0) is 18.2 Å². The number of carbonyl (C=O) groups is 1. The molecule has 1 aromatic carbocycles. The van der Waals surface area contributed by atoms with E-state index >= 15 is 0 Å². The highest BCUT2D eigenvalue weighted by Gasteiger charge is 2.11. The number of benzene rings is 1. The number of halogens is 1. The van der Waals surface area contributed by atoms with Gasteiger partial charge in [0.2, 0.25) is 0 Å². The van der Waals surface area contributed by atoms with E-state index in [0.29, 0.717) is 10.5 Å². The molecule has 4 nitrogen and oxygen atoms in total. The van der Waals surface area contributed by atoms with Crippen LogP contribution in [0.15, 0.2) is 48.8 Å². The second-order valence-electron chi connectivity index (χ2n) is 4.30. The van der Waals surface area contributed by atoms with Crippen LogP contribution < -0.4 is 5.73 Å². The zero-order chi connectivity index (χ0) is 14.1. The third kappa shape index (κ3) is 2.10. The molecule has 0 fully saturated rings. The Kier molecular flexibility index (Phi) is 3.08. The van der Waals surface area contributed by atoms with Crippen molar-refractivity contribution in [3.63, 3.8) is 0 Å². The van der Waals surface area contributed by atoms with Gasteiger partial charge in [0.1, 0.15) is 5.69 Å². The zero-order valence-corrected chi connectivity index (χ0v) is 11.1. The average Bonchev–Trinajstić information content (AvgIpc) is 2.46. The molecule has 0 saturated carbocycles. The van der Waals surface area contributed by atoms with Crippen LogP contribution >= 0.6 is 11.6 Å². The number of fused-ring (bicyclic) bond motifs is 1. The Morgan fingerprint density at radius 1 is 1.05 bits per heavy atom. The van der Waals surface area contributed by atoms with Gasteiger partial charge in [0.05, 0.1) is 5.52 Å². The molecule has 2 heterocycles. The van der Waals surface area contributed by atoms with Gasteiger partial charge in [0, 0.05) is 33.9 Å². The molecule has 0 unspecified atom stereocenters. The van der Waals surface area contributed by atoms with Gasteiger partial charge in [-0.3, -0.25) is 9.78 Å². The lowest BCUT2D eigenvalue weighted by atomic mass is 10.0. The van der Waals surface area contributed by atoms with Crippen LogP contribution in [0.4, 0.5) is 0 Å². The van der Waals surface area contributed by atoms with Crippen molar-refractivity contribution in [3.05, 3.63) is 59.5 Å². The van der Waals surface area contributed by atoms with Crippen LogP contribution in [-0.4, -0.2) is 15.9 Å². The number of nitrogens with zero attached hydrogens (tertiary/aromatic N) is 2. The fourth-order valence-electron chi connectivity index (χ4n) is 2.06.